The zero-order valence-electron chi connectivity index (χ0n) is 15.1. The maximum Gasteiger partial charge on any atom is 0.410 e. The minimum Gasteiger partial charge on any atom is -0.444 e. The van der Waals surface area contributed by atoms with Crippen LogP contribution < -0.4 is 11.1 Å². The molecule has 2 fully saturated rings. The molecule has 2 rings (SSSR count). The van der Waals surface area contributed by atoms with Gasteiger partial charge in [-0.1, -0.05) is 12.8 Å². The quantitative estimate of drug-likeness (QED) is 0.763. The van der Waals surface area contributed by atoms with E-state index in [2.05, 4.69) is 5.32 Å². The average Bonchev–Trinajstić information content (AvgIpc) is 2.96. The van der Waals surface area contributed by atoms with Gasteiger partial charge in [0, 0.05) is 18.6 Å². The van der Waals surface area contributed by atoms with Crippen molar-refractivity contribution in [1.82, 2.24) is 10.2 Å². The highest BCUT2D eigenvalue weighted by molar-refractivity contribution is 5.69. The molecular weight excluding hydrogens is 290 g/mol. The Morgan fingerprint density at radius 1 is 1.22 bits per heavy atom. The van der Waals surface area contributed by atoms with Gasteiger partial charge in [0.25, 0.3) is 0 Å². The second-order valence-corrected chi connectivity index (χ2v) is 8.03. The van der Waals surface area contributed by atoms with E-state index in [4.69, 9.17) is 10.5 Å². The van der Waals surface area contributed by atoms with Crippen LogP contribution in [-0.4, -0.2) is 48.3 Å². The summed E-state index contributed by atoms with van der Waals surface area (Å²) in [7, 11) is 0. The summed E-state index contributed by atoms with van der Waals surface area (Å²) in [5.74, 6) is 0.552. The van der Waals surface area contributed by atoms with Crippen LogP contribution in [0.5, 0.6) is 0 Å². The first-order valence-corrected chi connectivity index (χ1v) is 9.35. The predicted molar refractivity (Wildman–Crippen MR) is 93.4 cm³/mol. The molecule has 5 heteroatoms. The molecule has 0 aromatic rings. The minimum absolute atomic E-state index is 0.133. The van der Waals surface area contributed by atoms with E-state index in [1.54, 1.807) is 0 Å². The first-order chi connectivity index (χ1) is 10.9. The van der Waals surface area contributed by atoms with Gasteiger partial charge in [0.2, 0.25) is 0 Å². The molecule has 3 atom stereocenters. The van der Waals surface area contributed by atoms with Crippen molar-refractivity contribution in [1.29, 1.82) is 0 Å². The monoisotopic (exact) mass is 325 g/mol. The van der Waals surface area contributed by atoms with Crippen molar-refractivity contribution >= 4 is 6.09 Å². The van der Waals surface area contributed by atoms with E-state index in [0.29, 0.717) is 18.0 Å². The normalized spacial score (nSPS) is 28.9. The third-order valence-corrected chi connectivity index (χ3v) is 5.03. The maximum absolute atomic E-state index is 12.5. The lowest BCUT2D eigenvalue weighted by molar-refractivity contribution is 0.0133. The summed E-state index contributed by atoms with van der Waals surface area (Å²) in [6.07, 6.45) is 8.08. The van der Waals surface area contributed by atoms with E-state index in [0.717, 1.165) is 38.9 Å². The van der Waals surface area contributed by atoms with Crippen LogP contribution in [0.2, 0.25) is 0 Å². The molecule has 5 nitrogen and oxygen atoms in total. The van der Waals surface area contributed by atoms with E-state index < -0.39 is 5.60 Å². The predicted octanol–water partition coefficient (Wildman–Crippen LogP) is 2.88. The van der Waals surface area contributed by atoms with E-state index >= 15 is 0 Å². The van der Waals surface area contributed by atoms with Crippen LogP contribution in [0.1, 0.15) is 65.7 Å². The fourth-order valence-electron chi connectivity index (χ4n) is 4.05. The Hall–Kier alpha value is -0.810. The van der Waals surface area contributed by atoms with Crippen molar-refractivity contribution < 1.29 is 9.53 Å². The average molecular weight is 325 g/mol. The molecule has 23 heavy (non-hydrogen) atoms. The third kappa shape index (κ3) is 5.35. The molecule has 0 bridgehead atoms. The second kappa shape index (κ2) is 8.34. The number of carbonyl (C=O) groups excluding carboxylic acids is 1. The summed E-state index contributed by atoms with van der Waals surface area (Å²) in [6, 6.07) is 0.851. The molecule has 2 aliphatic rings. The molecule has 1 aliphatic carbocycles. The number of hydrogen-bond acceptors (Lipinski definition) is 4. The Labute approximate surface area is 141 Å². The number of hydrogen-bond donors (Lipinski definition) is 2. The van der Waals surface area contributed by atoms with Crippen LogP contribution in [0.15, 0.2) is 0 Å². The lowest BCUT2D eigenvalue weighted by Gasteiger charge is -2.40. The summed E-state index contributed by atoms with van der Waals surface area (Å²) in [5.41, 5.74) is 5.19. The Bertz CT molecular complexity index is 381. The van der Waals surface area contributed by atoms with Gasteiger partial charge in [0.05, 0.1) is 0 Å². The van der Waals surface area contributed by atoms with Crippen LogP contribution >= 0.6 is 0 Å². The molecule has 134 valence electrons. The van der Waals surface area contributed by atoms with Crippen LogP contribution in [0, 0.1) is 5.92 Å². The number of carbonyl (C=O) groups is 1. The first kappa shape index (κ1) is 18.5. The summed E-state index contributed by atoms with van der Waals surface area (Å²) in [5, 5.41) is 3.70. The second-order valence-electron chi connectivity index (χ2n) is 8.03. The standard InChI is InChI=1S/C18H35N3O2/c1-18(2,3)23-17(22)21-13-6-10-16(21)14-8-4-5-9-15(14)20-12-7-11-19/h14-16,20H,4-13,19H2,1-3H3. The number of amides is 1. The molecule has 0 spiro atoms. The minimum atomic E-state index is -0.421. The lowest BCUT2D eigenvalue weighted by atomic mass is 9.79. The number of nitrogens with one attached hydrogen (secondary N) is 1. The van der Waals surface area contributed by atoms with E-state index in [9.17, 15) is 4.79 Å². The molecule has 0 radical (unpaired) electrons. The van der Waals surface area contributed by atoms with Gasteiger partial charge in [-0.05, 0) is 71.9 Å². The molecule has 3 N–H and O–H groups in total. The summed E-state index contributed by atoms with van der Waals surface area (Å²) in [4.78, 5) is 14.5. The van der Waals surface area contributed by atoms with Crippen molar-refractivity contribution in [2.24, 2.45) is 11.7 Å². The van der Waals surface area contributed by atoms with Gasteiger partial charge in [-0.3, -0.25) is 0 Å². The van der Waals surface area contributed by atoms with Crippen LogP contribution in [-0.2, 0) is 4.74 Å². The SMILES string of the molecule is CC(C)(C)OC(=O)N1CCCC1C1CCCCC1NCCCN. The van der Waals surface area contributed by atoms with Crippen LogP contribution in [0.4, 0.5) is 4.79 Å². The van der Waals surface area contributed by atoms with E-state index in [-0.39, 0.29) is 6.09 Å². The molecule has 0 aromatic carbocycles. The van der Waals surface area contributed by atoms with Crippen molar-refractivity contribution in [2.45, 2.75) is 83.4 Å². The van der Waals surface area contributed by atoms with E-state index in [1.165, 1.54) is 25.7 Å². The fraction of sp³-hybridized carbons (Fsp3) is 0.944. The number of likely N-dealkylation sites (tertiary alicyclic amines) is 1. The van der Waals surface area contributed by atoms with Crippen molar-refractivity contribution in [2.75, 3.05) is 19.6 Å². The number of nitrogens with zero attached hydrogens (tertiary/aromatic N) is 1. The highest BCUT2D eigenvalue weighted by Crippen LogP contribution is 2.35. The Kier molecular flexibility index (Phi) is 6.72. The van der Waals surface area contributed by atoms with Gasteiger partial charge in [0.1, 0.15) is 5.60 Å². The molecule has 0 aromatic heterocycles. The number of nitrogens with two attached hydrogens (primary N) is 1. The smallest absolute Gasteiger partial charge is 0.410 e. The molecular formula is C18H35N3O2. The third-order valence-electron chi connectivity index (χ3n) is 5.03. The zero-order valence-corrected chi connectivity index (χ0v) is 15.1. The first-order valence-electron chi connectivity index (χ1n) is 9.35. The van der Waals surface area contributed by atoms with Gasteiger partial charge in [0.15, 0.2) is 0 Å². The topological polar surface area (TPSA) is 67.6 Å². The highest BCUT2D eigenvalue weighted by Gasteiger charge is 2.40. The summed E-state index contributed by atoms with van der Waals surface area (Å²) in [6.45, 7) is 8.37. The molecule has 3 unspecified atom stereocenters. The van der Waals surface area contributed by atoms with Crippen molar-refractivity contribution in [3.8, 4) is 0 Å². The van der Waals surface area contributed by atoms with Gasteiger partial charge < -0.3 is 20.7 Å². The molecule has 1 saturated heterocycles. The van der Waals surface area contributed by atoms with Crippen LogP contribution in [0.25, 0.3) is 0 Å². The van der Waals surface area contributed by atoms with E-state index in [1.807, 2.05) is 25.7 Å². The van der Waals surface area contributed by atoms with Gasteiger partial charge in [-0.15, -0.1) is 0 Å². The van der Waals surface area contributed by atoms with Gasteiger partial charge >= 0.3 is 6.09 Å². The summed E-state index contributed by atoms with van der Waals surface area (Å²) >= 11 is 0. The Balaban J connectivity index is 1.99. The highest BCUT2D eigenvalue weighted by atomic mass is 16.6. The number of rotatable bonds is 5. The molecule has 1 saturated carbocycles. The van der Waals surface area contributed by atoms with Crippen molar-refractivity contribution in [3.05, 3.63) is 0 Å². The van der Waals surface area contributed by atoms with Crippen LogP contribution in [0.3, 0.4) is 0 Å². The zero-order chi connectivity index (χ0) is 16.9. The molecule has 1 heterocycles. The molecule has 1 amide bonds. The van der Waals surface area contributed by atoms with Crippen molar-refractivity contribution in [3.63, 3.8) is 0 Å². The maximum atomic E-state index is 12.5. The Morgan fingerprint density at radius 2 is 1.96 bits per heavy atom. The number of ether oxygens (including phenoxy) is 1. The fourth-order valence-corrected chi connectivity index (χ4v) is 4.05. The van der Waals surface area contributed by atoms with Gasteiger partial charge in [-0.25, -0.2) is 4.79 Å². The lowest BCUT2D eigenvalue weighted by Crippen LogP contribution is -2.51. The molecule has 1 aliphatic heterocycles. The summed E-state index contributed by atoms with van der Waals surface area (Å²) < 4.78 is 5.63. The Morgan fingerprint density at radius 3 is 2.65 bits per heavy atom. The largest absolute Gasteiger partial charge is 0.444 e. The van der Waals surface area contributed by atoms with Gasteiger partial charge in [-0.2, -0.15) is 0 Å².